The fourth-order valence-corrected chi connectivity index (χ4v) is 3.61. The summed E-state index contributed by atoms with van der Waals surface area (Å²) in [5, 5.41) is 6.52. The molecule has 26 heavy (non-hydrogen) atoms. The van der Waals surface area contributed by atoms with Gasteiger partial charge in [-0.15, -0.1) is 35.3 Å². The normalized spacial score (nSPS) is 15.3. The highest BCUT2D eigenvalue weighted by Gasteiger charge is 2.44. The second-order valence-corrected chi connectivity index (χ2v) is 7.74. The Kier molecular flexibility index (Phi) is 7.40. The van der Waals surface area contributed by atoms with Gasteiger partial charge in [-0.1, -0.05) is 12.1 Å². The van der Waals surface area contributed by atoms with E-state index in [9.17, 15) is 4.39 Å². The van der Waals surface area contributed by atoms with Crippen molar-refractivity contribution in [2.45, 2.75) is 38.6 Å². The summed E-state index contributed by atoms with van der Waals surface area (Å²) in [5.74, 6) is 0.700. The van der Waals surface area contributed by atoms with E-state index >= 15 is 0 Å². The van der Waals surface area contributed by atoms with Crippen molar-refractivity contribution in [2.24, 2.45) is 4.99 Å². The van der Waals surface area contributed by atoms with Gasteiger partial charge in [0.15, 0.2) is 5.96 Å². The minimum Gasteiger partial charge on any atom is -0.357 e. The summed E-state index contributed by atoms with van der Waals surface area (Å²) in [7, 11) is 2.03. The van der Waals surface area contributed by atoms with Gasteiger partial charge in [-0.2, -0.15) is 0 Å². The van der Waals surface area contributed by atoms with E-state index in [2.05, 4.69) is 27.5 Å². The number of thiazole rings is 1. The number of nitrogens with one attached hydrogen (secondary N) is 1. The number of aliphatic imine (C=N–C) groups is 1. The second kappa shape index (κ2) is 9.12. The van der Waals surface area contributed by atoms with Crippen LogP contribution in [0.1, 0.15) is 36.0 Å². The number of aromatic nitrogens is 1. The smallest absolute Gasteiger partial charge is 0.194 e. The number of guanidine groups is 1. The molecule has 7 heteroatoms. The SMILES string of the molecule is CCNC(=NCC1(c2cccc(F)c2)CC1)N(C)Cc1csc(C)n1.I. The Bertz CT molecular complexity index is 758. The molecule has 0 amide bonds. The van der Waals surface area contributed by atoms with Gasteiger partial charge in [-0.25, -0.2) is 9.37 Å². The summed E-state index contributed by atoms with van der Waals surface area (Å²) >= 11 is 1.66. The third-order valence-corrected chi connectivity index (χ3v) is 5.41. The van der Waals surface area contributed by atoms with Crippen molar-refractivity contribution in [1.29, 1.82) is 0 Å². The lowest BCUT2D eigenvalue weighted by Crippen LogP contribution is -2.39. The summed E-state index contributed by atoms with van der Waals surface area (Å²) < 4.78 is 13.6. The minimum atomic E-state index is -0.171. The molecule has 1 aliphatic rings. The third-order valence-electron chi connectivity index (χ3n) is 4.58. The molecule has 0 aliphatic heterocycles. The molecule has 3 rings (SSSR count). The van der Waals surface area contributed by atoms with Gasteiger partial charge in [0.1, 0.15) is 5.82 Å². The van der Waals surface area contributed by atoms with Crippen molar-refractivity contribution in [3.8, 4) is 0 Å². The molecule has 2 aromatic rings. The molecule has 0 radical (unpaired) electrons. The van der Waals surface area contributed by atoms with E-state index in [4.69, 9.17) is 4.99 Å². The van der Waals surface area contributed by atoms with E-state index in [0.29, 0.717) is 6.54 Å². The fourth-order valence-electron chi connectivity index (χ4n) is 3.00. The van der Waals surface area contributed by atoms with Crippen LogP contribution in [-0.2, 0) is 12.0 Å². The molecule has 1 N–H and O–H groups in total. The molecule has 1 fully saturated rings. The molecule has 0 atom stereocenters. The van der Waals surface area contributed by atoms with Gasteiger partial charge in [-0.05, 0) is 44.4 Å². The molecule has 1 aromatic carbocycles. The van der Waals surface area contributed by atoms with Crippen molar-refractivity contribution in [1.82, 2.24) is 15.2 Å². The van der Waals surface area contributed by atoms with Crippen molar-refractivity contribution in [3.63, 3.8) is 0 Å². The molecular weight excluding hydrogens is 462 g/mol. The summed E-state index contributed by atoms with van der Waals surface area (Å²) in [6.07, 6.45) is 2.13. The van der Waals surface area contributed by atoms with Crippen LogP contribution in [0.2, 0.25) is 0 Å². The number of hydrogen-bond donors (Lipinski definition) is 1. The molecule has 1 aromatic heterocycles. The number of hydrogen-bond acceptors (Lipinski definition) is 3. The Morgan fingerprint density at radius 1 is 1.42 bits per heavy atom. The lowest BCUT2D eigenvalue weighted by Gasteiger charge is -2.22. The Balaban J connectivity index is 0.00000243. The molecule has 0 bridgehead atoms. The van der Waals surface area contributed by atoms with Gasteiger partial charge in [0.05, 0.1) is 23.8 Å². The van der Waals surface area contributed by atoms with E-state index in [1.54, 1.807) is 23.5 Å². The van der Waals surface area contributed by atoms with Crippen LogP contribution in [0.5, 0.6) is 0 Å². The zero-order valence-corrected chi connectivity index (χ0v) is 18.6. The van der Waals surface area contributed by atoms with E-state index in [1.165, 1.54) is 6.07 Å². The minimum absolute atomic E-state index is 0. The molecule has 4 nitrogen and oxygen atoms in total. The Morgan fingerprint density at radius 3 is 2.77 bits per heavy atom. The average Bonchev–Trinajstić information content (AvgIpc) is 3.27. The number of rotatable bonds is 6. The third kappa shape index (κ3) is 5.16. The number of halogens is 2. The van der Waals surface area contributed by atoms with Gasteiger partial charge in [0, 0.05) is 24.4 Å². The average molecular weight is 488 g/mol. The molecule has 0 saturated heterocycles. The molecule has 0 unspecified atom stereocenters. The van der Waals surface area contributed by atoms with E-state index < -0.39 is 0 Å². The molecule has 1 heterocycles. The summed E-state index contributed by atoms with van der Waals surface area (Å²) in [5.41, 5.74) is 2.12. The summed E-state index contributed by atoms with van der Waals surface area (Å²) in [6.45, 7) is 6.30. The van der Waals surface area contributed by atoms with E-state index in [1.807, 2.05) is 20.0 Å². The maximum atomic E-state index is 13.6. The van der Waals surface area contributed by atoms with Gasteiger partial charge < -0.3 is 10.2 Å². The van der Waals surface area contributed by atoms with Crippen LogP contribution in [0.15, 0.2) is 34.6 Å². The highest BCUT2D eigenvalue weighted by Crippen LogP contribution is 2.48. The standard InChI is InChI=1S/C19H25FN4S.HI/c1-4-21-18(24(3)11-17-12-25-14(2)23-17)22-13-19(8-9-19)15-6-5-7-16(20)10-15;/h5-7,10,12H,4,8-9,11,13H2,1-3H3,(H,21,22);1H. The fraction of sp³-hybridized carbons (Fsp3) is 0.474. The monoisotopic (exact) mass is 488 g/mol. The molecular formula is C19H26FIN4S. The molecule has 1 aliphatic carbocycles. The van der Waals surface area contributed by atoms with Gasteiger partial charge in [-0.3, -0.25) is 4.99 Å². The molecule has 142 valence electrons. The first kappa shape index (κ1) is 21.1. The van der Waals surface area contributed by atoms with Crippen molar-refractivity contribution < 1.29 is 4.39 Å². The number of aryl methyl sites for hydroxylation is 1. The van der Waals surface area contributed by atoms with Crippen LogP contribution < -0.4 is 5.32 Å². The van der Waals surface area contributed by atoms with Crippen LogP contribution in [0.3, 0.4) is 0 Å². The van der Waals surface area contributed by atoms with Gasteiger partial charge in [0.25, 0.3) is 0 Å². The zero-order valence-electron chi connectivity index (χ0n) is 15.5. The Labute approximate surface area is 176 Å². The van der Waals surface area contributed by atoms with Crippen molar-refractivity contribution in [2.75, 3.05) is 20.1 Å². The van der Waals surface area contributed by atoms with Crippen molar-refractivity contribution in [3.05, 3.63) is 51.7 Å². The Morgan fingerprint density at radius 2 is 2.19 bits per heavy atom. The molecule has 1 saturated carbocycles. The number of benzene rings is 1. The first-order chi connectivity index (χ1) is 12.0. The highest BCUT2D eigenvalue weighted by atomic mass is 127. The zero-order chi connectivity index (χ0) is 17.9. The van der Waals surface area contributed by atoms with E-state index in [-0.39, 0.29) is 35.2 Å². The van der Waals surface area contributed by atoms with Crippen LogP contribution >= 0.6 is 35.3 Å². The number of nitrogens with zero attached hydrogens (tertiary/aromatic N) is 3. The lowest BCUT2D eigenvalue weighted by atomic mass is 9.96. The second-order valence-electron chi connectivity index (χ2n) is 6.67. The van der Waals surface area contributed by atoms with Crippen LogP contribution in [0.4, 0.5) is 4.39 Å². The van der Waals surface area contributed by atoms with Gasteiger partial charge >= 0.3 is 0 Å². The van der Waals surface area contributed by atoms with Crippen molar-refractivity contribution >= 4 is 41.3 Å². The highest BCUT2D eigenvalue weighted by molar-refractivity contribution is 14.0. The van der Waals surface area contributed by atoms with Crippen LogP contribution in [0.25, 0.3) is 0 Å². The largest absolute Gasteiger partial charge is 0.357 e. The van der Waals surface area contributed by atoms with E-state index in [0.717, 1.165) is 48.2 Å². The van der Waals surface area contributed by atoms with Crippen LogP contribution in [-0.4, -0.2) is 36.0 Å². The van der Waals surface area contributed by atoms with Crippen LogP contribution in [0, 0.1) is 12.7 Å². The quantitative estimate of drug-likeness (QED) is 0.374. The topological polar surface area (TPSA) is 40.5 Å². The lowest BCUT2D eigenvalue weighted by molar-refractivity contribution is 0.468. The maximum Gasteiger partial charge on any atom is 0.194 e. The Hall–Kier alpha value is -1.22. The maximum absolute atomic E-state index is 13.6. The summed E-state index contributed by atoms with van der Waals surface area (Å²) in [6, 6.07) is 6.95. The first-order valence-corrected chi connectivity index (χ1v) is 9.57. The predicted octanol–water partition coefficient (Wildman–Crippen LogP) is 4.34. The first-order valence-electron chi connectivity index (χ1n) is 8.69. The predicted molar refractivity (Wildman–Crippen MR) is 117 cm³/mol. The van der Waals surface area contributed by atoms with Gasteiger partial charge in [0.2, 0.25) is 0 Å². The molecule has 0 spiro atoms. The summed E-state index contributed by atoms with van der Waals surface area (Å²) in [4.78, 5) is 11.5.